The van der Waals surface area contributed by atoms with E-state index in [-0.39, 0.29) is 12.6 Å². The van der Waals surface area contributed by atoms with Gasteiger partial charge in [-0.2, -0.15) is 0 Å². The maximum absolute atomic E-state index is 12.3. The number of carbonyl (C=O) groups is 2. The Morgan fingerprint density at radius 3 is 2.77 bits per heavy atom. The fourth-order valence-electron chi connectivity index (χ4n) is 3.13. The summed E-state index contributed by atoms with van der Waals surface area (Å²) in [6, 6.07) is 5.69. The van der Waals surface area contributed by atoms with Gasteiger partial charge in [0.15, 0.2) is 0 Å². The molecule has 0 radical (unpaired) electrons. The molecule has 6 heteroatoms. The third kappa shape index (κ3) is 2.49. The molecule has 0 saturated carbocycles. The number of benzene rings is 1. The highest BCUT2D eigenvalue weighted by Crippen LogP contribution is 2.32. The predicted octanol–water partition coefficient (Wildman–Crippen LogP) is 2.01. The minimum atomic E-state index is -0.845. The molecule has 0 spiro atoms. The third-order valence-electron chi connectivity index (χ3n) is 4.74. The normalized spacial score (nSPS) is 23.5. The molecule has 2 aliphatic heterocycles. The molecule has 1 saturated heterocycles. The van der Waals surface area contributed by atoms with E-state index in [9.17, 15) is 14.7 Å². The van der Waals surface area contributed by atoms with Gasteiger partial charge in [-0.1, -0.05) is 6.07 Å². The second-order valence-corrected chi connectivity index (χ2v) is 6.48. The van der Waals surface area contributed by atoms with E-state index in [4.69, 9.17) is 0 Å². The number of nitrogens with zero attached hydrogens (tertiary/aromatic N) is 2. The first-order chi connectivity index (χ1) is 10.4. The van der Waals surface area contributed by atoms with Crippen molar-refractivity contribution in [3.8, 4) is 0 Å². The average molecular weight is 303 g/mol. The van der Waals surface area contributed by atoms with Gasteiger partial charge in [0.05, 0.1) is 5.41 Å². The highest BCUT2D eigenvalue weighted by atomic mass is 16.4. The number of urea groups is 1. The molecule has 2 N–H and O–H groups in total. The average Bonchev–Trinajstić information content (AvgIpc) is 3.04. The zero-order valence-electron chi connectivity index (χ0n) is 12.9. The van der Waals surface area contributed by atoms with Gasteiger partial charge in [0, 0.05) is 38.1 Å². The van der Waals surface area contributed by atoms with Crippen LogP contribution in [0.15, 0.2) is 18.2 Å². The summed E-state index contributed by atoms with van der Waals surface area (Å²) >= 11 is 0. The molecular weight excluding hydrogens is 282 g/mol. The molecule has 1 atom stereocenters. The van der Waals surface area contributed by atoms with Gasteiger partial charge in [0.2, 0.25) is 0 Å². The monoisotopic (exact) mass is 303 g/mol. The maximum Gasteiger partial charge on any atom is 0.321 e. The van der Waals surface area contributed by atoms with Gasteiger partial charge in [-0.3, -0.25) is 4.79 Å². The first-order valence-corrected chi connectivity index (χ1v) is 7.52. The van der Waals surface area contributed by atoms with Crippen LogP contribution in [-0.4, -0.2) is 48.7 Å². The van der Waals surface area contributed by atoms with E-state index in [1.807, 2.05) is 25.2 Å². The van der Waals surface area contributed by atoms with Gasteiger partial charge < -0.3 is 20.2 Å². The molecule has 0 aromatic heterocycles. The van der Waals surface area contributed by atoms with Crippen molar-refractivity contribution >= 4 is 23.4 Å². The van der Waals surface area contributed by atoms with Crippen molar-refractivity contribution in [1.82, 2.24) is 4.90 Å². The van der Waals surface area contributed by atoms with Crippen LogP contribution >= 0.6 is 0 Å². The number of likely N-dealkylation sites (N-methyl/N-ethyl adjacent to an activating group) is 1. The fraction of sp³-hybridized carbons (Fsp3) is 0.500. The van der Waals surface area contributed by atoms with Gasteiger partial charge in [0.25, 0.3) is 0 Å². The smallest absolute Gasteiger partial charge is 0.321 e. The summed E-state index contributed by atoms with van der Waals surface area (Å²) in [5, 5.41) is 12.1. The molecule has 2 aliphatic rings. The van der Waals surface area contributed by atoms with E-state index < -0.39 is 11.4 Å². The predicted molar refractivity (Wildman–Crippen MR) is 84.4 cm³/mol. The van der Waals surface area contributed by atoms with Crippen LogP contribution in [0.1, 0.15) is 18.9 Å². The summed E-state index contributed by atoms with van der Waals surface area (Å²) in [4.78, 5) is 27.3. The number of amides is 2. The SMILES string of the molecule is CN1CCc2ccc(NC(=O)N3CCC(C)(C(=O)O)C3)cc21. The highest BCUT2D eigenvalue weighted by Gasteiger charge is 2.42. The Morgan fingerprint density at radius 1 is 1.32 bits per heavy atom. The minimum Gasteiger partial charge on any atom is -0.481 e. The van der Waals surface area contributed by atoms with E-state index in [1.54, 1.807) is 11.8 Å². The van der Waals surface area contributed by atoms with Gasteiger partial charge in [-0.25, -0.2) is 4.79 Å². The van der Waals surface area contributed by atoms with Crippen LogP contribution in [0.25, 0.3) is 0 Å². The number of rotatable bonds is 2. The summed E-state index contributed by atoms with van der Waals surface area (Å²) in [6.45, 7) is 3.40. The Balaban J connectivity index is 1.68. The summed E-state index contributed by atoms with van der Waals surface area (Å²) in [7, 11) is 2.04. The van der Waals surface area contributed by atoms with Crippen molar-refractivity contribution in [2.24, 2.45) is 5.41 Å². The summed E-state index contributed by atoms with van der Waals surface area (Å²) in [5.41, 5.74) is 2.35. The lowest BCUT2D eigenvalue weighted by Crippen LogP contribution is -2.37. The van der Waals surface area contributed by atoms with Crippen LogP contribution in [0.4, 0.5) is 16.2 Å². The van der Waals surface area contributed by atoms with Crippen LogP contribution < -0.4 is 10.2 Å². The zero-order chi connectivity index (χ0) is 15.9. The van der Waals surface area contributed by atoms with Crippen molar-refractivity contribution in [1.29, 1.82) is 0 Å². The van der Waals surface area contributed by atoms with Gasteiger partial charge in [-0.05, 0) is 37.5 Å². The fourth-order valence-corrected chi connectivity index (χ4v) is 3.13. The molecule has 0 bridgehead atoms. The minimum absolute atomic E-state index is 0.231. The van der Waals surface area contributed by atoms with Crippen molar-refractivity contribution in [3.05, 3.63) is 23.8 Å². The second kappa shape index (κ2) is 5.19. The number of fused-ring (bicyclic) bond motifs is 1. The van der Waals surface area contributed by atoms with Crippen LogP contribution in [0, 0.1) is 5.41 Å². The number of nitrogens with one attached hydrogen (secondary N) is 1. The number of anilines is 2. The van der Waals surface area contributed by atoms with Gasteiger partial charge in [-0.15, -0.1) is 0 Å². The Labute approximate surface area is 129 Å². The van der Waals surface area contributed by atoms with Gasteiger partial charge in [0.1, 0.15) is 0 Å². The lowest BCUT2D eigenvalue weighted by Gasteiger charge is -2.21. The Hall–Kier alpha value is -2.24. The number of carbonyl (C=O) groups excluding carboxylic acids is 1. The molecule has 0 aliphatic carbocycles. The third-order valence-corrected chi connectivity index (χ3v) is 4.74. The molecule has 6 nitrogen and oxygen atoms in total. The Kier molecular flexibility index (Phi) is 3.47. The van der Waals surface area contributed by atoms with Crippen LogP contribution in [0.2, 0.25) is 0 Å². The molecule has 22 heavy (non-hydrogen) atoms. The highest BCUT2D eigenvalue weighted by molar-refractivity contribution is 5.91. The molecule has 118 valence electrons. The molecule has 1 unspecified atom stereocenters. The van der Waals surface area contributed by atoms with Crippen molar-refractivity contribution in [2.75, 3.05) is 36.9 Å². The Morgan fingerprint density at radius 2 is 2.09 bits per heavy atom. The summed E-state index contributed by atoms with van der Waals surface area (Å²) < 4.78 is 0. The second-order valence-electron chi connectivity index (χ2n) is 6.48. The van der Waals surface area contributed by atoms with Crippen LogP contribution in [0.5, 0.6) is 0 Å². The number of carboxylic acid groups (broad SMARTS) is 1. The summed E-state index contributed by atoms with van der Waals surface area (Å²) in [5.74, 6) is -0.845. The molecule has 1 fully saturated rings. The zero-order valence-corrected chi connectivity index (χ0v) is 12.9. The molecule has 2 amide bonds. The van der Waals surface area contributed by atoms with E-state index in [0.717, 1.165) is 24.3 Å². The molecule has 2 heterocycles. The van der Waals surface area contributed by atoms with E-state index in [0.29, 0.717) is 13.0 Å². The molecular formula is C16H21N3O3. The van der Waals surface area contributed by atoms with Crippen LogP contribution in [0.3, 0.4) is 0 Å². The molecule has 3 rings (SSSR count). The topological polar surface area (TPSA) is 72.9 Å². The number of carboxylic acids is 1. The van der Waals surface area contributed by atoms with E-state index >= 15 is 0 Å². The van der Waals surface area contributed by atoms with E-state index in [1.165, 1.54) is 5.56 Å². The number of likely N-dealkylation sites (tertiary alicyclic amines) is 1. The molecule has 1 aromatic rings. The van der Waals surface area contributed by atoms with Crippen molar-refractivity contribution in [3.63, 3.8) is 0 Å². The standard InChI is InChI=1S/C16H21N3O3/c1-16(14(20)21)6-8-19(10-16)15(22)17-12-4-3-11-5-7-18(2)13(11)9-12/h3-4,9H,5-8,10H2,1-2H3,(H,17,22)(H,20,21). The number of hydrogen-bond acceptors (Lipinski definition) is 3. The number of hydrogen-bond donors (Lipinski definition) is 2. The summed E-state index contributed by atoms with van der Waals surface area (Å²) in [6.07, 6.45) is 1.52. The lowest BCUT2D eigenvalue weighted by atomic mass is 9.90. The van der Waals surface area contributed by atoms with Crippen molar-refractivity contribution in [2.45, 2.75) is 19.8 Å². The maximum atomic E-state index is 12.3. The number of aliphatic carboxylic acids is 1. The molecule has 1 aromatic carbocycles. The first kappa shape index (κ1) is 14.7. The van der Waals surface area contributed by atoms with Crippen molar-refractivity contribution < 1.29 is 14.7 Å². The largest absolute Gasteiger partial charge is 0.481 e. The van der Waals surface area contributed by atoms with Crippen LogP contribution in [-0.2, 0) is 11.2 Å². The quantitative estimate of drug-likeness (QED) is 0.876. The van der Waals surface area contributed by atoms with E-state index in [2.05, 4.69) is 10.2 Å². The Bertz CT molecular complexity index is 631. The van der Waals surface area contributed by atoms with Gasteiger partial charge >= 0.3 is 12.0 Å². The lowest BCUT2D eigenvalue weighted by molar-refractivity contribution is -0.146. The first-order valence-electron chi connectivity index (χ1n) is 7.52.